The summed E-state index contributed by atoms with van der Waals surface area (Å²) in [6, 6.07) is 18.6. The molecule has 2 aromatic carbocycles. The fraction of sp³-hybridized carbons (Fsp3) is 0.250. The van der Waals surface area contributed by atoms with Gasteiger partial charge in [0.25, 0.3) is 0 Å². The van der Waals surface area contributed by atoms with Crippen LogP contribution in [0.5, 0.6) is 5.75 Å². The predicted octanol–water partition coefficient (Wildman–Crippen LogP) is 4.77. The van der Waals surface area contributed by atoms with Gasteiger partial charge in [-0.25, -0.2) is 0 Å². The second-order valence-corrected chi connectivity index (χ2v) is 5.27. The molecule has 0 saturated carbocycles. The van der Waals surface area contributed by atoms with Gasteiger partial charge in [0.1, 0.15) is 12.4 Å². The van der Waals surface area contributed by atoms with E-state index in [0.717, 1.165) is 11.5 Å². The Kier molecular flexibility index (Phi) is 5.15. The Morgan fingerprint density at radius 1 is 1.00 bits per heavy atom. The van der Waals surface area contributed by atoms with Crippen LogP contribution >= 0.6 is 11.8 Å². The highest BCUT2D eigenvalue weighted by molar-refractivity contribution is 7.99. The lowest BCUT2D eigenvalue weighted by molar-refractivity contribution is 0.305. The van der Waals surface area contributed by atoms with Crippen LogP contribution < -0.4 is 4.74 Å². The Morgan fingerprint density at radius 2 is 1.83 bits per heavy atom. The quantitative estimate of drug-likeness (QED) is 0.690. The van der Waals surface area contributed by atoms with E-state index < -0.39 is 0 Å². The van der Waals surface area contributed by atoms with Gasteiger partial charge in [-0.3, -0.25) is 0 Å². The van der Waals surface area contributed by atoms with Crippen molar-refractivity contribution >= 4 is 11.8 Å². The minimum Gasteiger partial charge on any atom is -0.489 e. The van der Waals surface area contributed by atoms with E-state index in [9.17, 15) is 0 Å². The van der Waals surface area contributed by atoms with Crippen LogP contribution in [0.15, 0.2) is 59.5 Å². The molecule has 0 heterocycles. The van der Waals surface area contributed by atoms with Gasteiger partial charge in [-0.15, -0.1) is 11.8 Å². The van der Waals surface area contributed by atoms with Crippen LogP contribution in [0.25, 0.3) is 0 Å². The van der Waals surface area contributed by atoms with Crippen LogP contribution in [0, 0.1) is 0 Å². The normalized spacial score (nSPS) is 10.3. The fourth-order valence-electron chi connectivity index (χ4n) is 1.61. The zero-order chi connectivity index (χ0) is 12.6. The average Bonchev–Trinajstić information content (AvgIpc) is 2.44. The molecule has 0 aromatic heterocycles. The van der Waals surface area contributed by atoms with Gasteiger partial charge in [0.2, 0.25) is 0 Å². The summed E-state index contributed by atoms with van der Waals surface area (Å²) in [5.74, 6) is 2.10. The lowest BCUT2D eigenvalue weighted by Crippen LogP contribution is -1.94. The molecule has 0 N–H and O–H groups in total. The summed E-state index contributed by atoms with van der Waals surface area (Å²) in [5.41, 5.74) is 1.20. The van der Waals surface area contributed by atoms with E-state index >= 15 is 0 Å². The molecule has 0 spiro atoms. The van der Waals surface area contributed by atoms with Crippen molar-refractivity contribution in [3.05, 3.63) is 60.2 Å². The van der Waals surface area contributed by atoms with Crippen LogP contribution in [0.4, 0.5) is 0 Å². The topological polar surface area (TPSA) is 9.23 Å². The third-order valence-corrected chi connectivity index (χ3v) is 3.73. The number of benzene rings is 2. The Hall–Kier alpha value is -1.41. The molecule has 2 aromatic rings. The minimum atomic E-state index is 0.628. The highest BCUT2D eigenvalue weighted by Crippen LogP contribution is 2.23. The second-order valence-electron chi connectivity index (χ2n) is 4.10. The summed E-state index contributed by atoms with van der Waals surface area (Å²) in [6.45, 7) is 2.82. The zero-order valence-corrected chi connectivity index (χ0v) is 11.5. The predicted molar refractivity (Wildman–Crippen MR) is 78.2 cm³/mol. The molecular weight excluding hydrogens is 240 g/mol. The fourth-order valence-corrected chi connectivity index (χ4v) is 2.43. The summed E-state index contributed by atoms with van der Waals surface area (Å²) in [7, 11) is 0. The molecule has 0 atom stereocenters. The molecule has 1 nitrogen and oxygen atoms in total. The first-order valence-electron chi connectivity index (χ1n) is 6.28. The van der Waals surface area contributed by atoms with Crippen LogP contribution in [-0.2, 0) is 6.61 Å². The lowest BCUT2D eigenvalue weighted by Gasteiger charge is -2.07. The molecule has 18 heavy (non-hydrogen) atoms. The molecular formula is C16H18OS. The van der Waals surface area contributed by atoms with Gasteiger partial charge >= 0.3 is 0 Å². The molecule has 0 aliphatic carbocycles. The third kappa shape index (κ3) is 4.11. The maximum absolute atomic E-state index is 5.80. The Bertz CT molecular complexity index is 468. The first kappa shape index (κ1) is 13.0. The maximum Gasteiger partial charge on any atom is 0.120 e. The van der Waals surface area contributed by atoms with Crippen LogP contribution in [0.1, 0.15) is 18.9 Å². The van der Waals surface area contributed by atoms with E-state index in [1.54, 1.807) is 0 Å². The van der Waals surface area contributed by atoms with E-state index in [-0.39, 0.29) is 0 Å². The van der Waals surface area contributed by atoms with Crippen molar-refractivity contribution in [3.8, 4) is 5.75 Å². The van der Waals surface area contributed by atoms with E-state index in [1.165, 1.54) is 16.9 Å². The van der Waals surface area contributed by atoms with Gasteiger partial charge in [0, 0.05) is 4.90 Å². The SMILES string of the molecule is CCCSc1cccc(OCc2ccccc2)c1. The number of hydrogen-bond donors (Lipinski definition) is 0. The molecule has 0 bridgehead atoms. The van der Waals surface area contributed by atoms with Crippen LogP contribution in [-0.4, -0.2) is 5.75 Å². The minimum absolute atomic E-state index is 0.628. The molecule has 2 rings (SSSR count). The summed E-state index contributed by atoms with van der Waals surface area (Å²) < 4.78 is 5.80. The van der Waals surface area contributed by atoms with Gasteiger partial charge in [-0.05, 0) is 35.9 Å². The van der Waals surface area contributed by atoms with E-state index in [0.29, 0.717) is 6.61 Å². The van der Waals surface area contributed by atoms with Crippen LogP contribution in [0.2, 0.25) is 0 Å². The van der Waals surface area contributed by atoms with Gasteiger partial charge in [0.15, 0.2) is 0 Å². The smallest absolute Gasteiger partial charge is 0.120 e. The van der Waals surface area contributed by atoms with E-state index in [2.05, 4.69) is 37.3 Å². The van der Waals surface area contributed by atoms with E-state index in [4.69, 9.17) is 4.74 Å². The average molecular weight is 258 g/mol. The first-order valence-corrected chi connectivity index (χ1v) is 7.26. The van der Waals surface area contributed by atoms with E-state index in [1.807, 2.05) is 36.0 Å². The molecule has 0 fully saturated rings. The van der Waals surface area contributed by atoms with Gasteiger partial charge in [-0.1, -0.05) is 43.3 Å². The van der Waals surface area contributed by atoms with Crippen LogP contribution in [0.3, 0.4) is 0 Å². The first-order chi connectivity index (χ1) is 8.88. The monoisotopic (exact) mass is 258 g/mol. The molecule has 0 aliphatic rings. The zero-order valence-electron chi connectivity index (χ0n) is 10.6. The molecule has 0 saturated heterocycles. The highest BCUT2D eigenvalue weighted by atomic mass is 32.2. The number of thioether (sulfide) groups is 1. The summed E-state index contributed by atoms with van der Waals surface area (Å²) >= 11 is 1.88. The van der Waals surface area contributed by atoms with Crippen molar-refractivity contribution in [1.29, 1.82) is 0 Å². The van der Waals surface area contributed by atoms with Crippen molar-refractivity contribution < 1.29 is 4.74 Å². The molecule has 94 valence electrons. The summed E-state index contributed by atoms with van der Waals surface area (Å²) in [4.78, 5) is 1.28. The van der Waals surface area contributed by atoms with Gasteiger partial charge in [-0.2, -0.15) is 0 Å². The molecule has 0 amide bonds. The maximum atomic E-state index is 5.80. The molecule has 0 aliphatic heterocycles. The van der Waals surface area contributed by atoms with Gasteiger partial charge in [0.05, 0.1) is 0 Å². The summed E-state index contributed by atoms with van der Waals surface area (Å²) in [5, 5.41) is 0. The molecule has 0 radical (unpaired) electrons. The molecule has 2 heteroatoms. The van der Waals surface area contributed by atoms with Crippen molar-refractivity contribution in [2.45, 2.75) is 24.8 Å². The number of rotatable bonds is 6. The van der Waals surface area contributed by atoms with Crippen molar-refractivity contribution in [2.75, 3.05) is 5.75 Å². The summed E-state index contributed by atoms with van der Waals surface area (Å²) in [6.07, 6.45) is 1.19. The van der Waals surface area contributed by atoms with Crippen molar-refractivity contribution in [2.24, 2.45) is 0 Å². The Morgan fingerprint density at radius 3 is 2.61 bits per heavy atom. The second kappa shape index (κ2) is 7.12. The Balaban J connectivity index is 1.93. The number of ether oxygens (including phenoxy) is 1. The van der Waals surface area contributed by atoms with Crippen molar-refractivity contribution in [1.82, 2.24) is 0 Å². The highest BCUT2D eigenvalue weighted by Gasteiger charge is 1.98. The standard InChI is InChI=1S/C16H18OS/c1-2-11-18-16-10-6-9-15(12-16)17-13-14-7-4-3-5-8-14/h3-10,12H,2,11,13H2,1H3. The Labute approximate surface area is 113 Å². The number of hydrogen-bond acceptors (Lipinski definition) is 2. The molecule has 0 unspecified atom stereocenters. The largest absolute Gasteiger partial charge is 0.489 e. The van der Waals surface area contributed by atoms with Gasteiger partial charge < -0.3 is 4.74 Å². The van der Waals surface area contributed by atoms with Crippen molar-refractivity contribution in [3.63, 3.8) is 0 Å². The third-order valence-electron chi connectivity index (χ3n) is 2.53. The lowest BCUT2D eigenvalue weighted by atomic mass is 10.2.